The molecule has 0 bridgehead atoms. The first-order valence-corrected chi connectivity index (χ1v) is 11.4. The average molecular weight is 414 g/mol. The summed E-state index contributed by atoms with van der Waals surface area (Å²) >= 11 is 0. The maximum absolute atomic E-state index is 12.4. The lowest BCUT2D eigenvalue weighted by atomic mass is 9.93. The van der Waals surface area contributed by atoms with E-state index in [9.17, 15) is 10.1 Å². The van der Waals surface area contributed by atoms with E-state index in [-0.39, 0.29) is 0 Å². The van der Waals surface area contributed by atoms with Crippen LogP contribution in [0.3, 0.4) is 0 Å². The van der Waals surface area contributed by atoms with E-state index in [1.54, 1.807) is 0 Å². The van der Waals surface area contributed by atoms with E-state index < -0.39 is 0 Å². The van der Waals surface area contributed by atoms with E-state index in [2.05, 4.69) is 52.3 Å². The molecule has 4 nitrogen and oxygen atoms in total. The molecule has 0 atom stereocenters. The van der Waals surface area contributed by atoms with E-state index in [1.807, 2.05) is 19.1 Å². The number of hydrogen-bond donors (Lipinski definition) is 0. The van der Waals surface area contributed by atoms with Crippen molar-refractivity contribution < 1.29 is 4.79 Å². The Morgan fingerprint density at radius 1 is 1.03 bits per heavy atom. The molecule has 0 amide bonds. The van der Waals surface area contributed by atoms with Gasteiger partial charge in [-0.3, -0.25) is 14.6 Å². The molecule has 4 rings (SSSR count). The Bertz CT molecular complexity index is 992. The van der Waals surface area contributed by atoms with Crippen LogP contribution in [0.25, 0.3) is 5.57 Å². The molecular formula is C27H31N3O. The number of fused-ring (bicyclic) bond motifs is 1. The molecule has 2 aliphatic rings. The maximum Gasteiger partial charge on any atom is 0.146 e. The molecule has 160 valence electrons. The normalized spacial score (nSPS) is 16.6. The first-order chi connectivity index (χ1) is 15.1. The zero-order valence-corrected chi connectivity index (χ0v) is 18.4. The van der Waals surface area contributed by atoms with Crippen molar-refractivity contribution >= 4 is 11.4 Å². The lowest BCUT2D eigenvalue weighted by Crippen LogP contribution is -2.30. The number of carbonyl (C=O) groups is 1. The first kappa shape index (κ1) is 21.5. The molecule has 0 saturated carbocycles. The Kier molecular flexibility index (Phi) is 6.96. The highest BCUT2D eigenvalue weighted by molar-refractivity contribution is 5.80. The molecule has 0 aromatic heterocycles. The third-order valence-corrected chi connectivity index (χ3v) is 6.51. The zero-order chi connectivity index (χ0) is 21.6. The molecule has 2 aromatic rings. The number of hydrogen-bond acceptors (Lipinski definition) is 4. The van der Waals surface area contributed by atoms with Crippen LogP contribution in [0.4, 0.5) is 0 Å². The van der Waals surface area contributed by atoms with E-state index in [0.717, 1.165) is 68.7 Å². The molecule has 2 aromatic carbocycles. The van der Waals surface area contributed by atoms with Crippen molar-refractivity contribution in [2.75, 3.05) is 26.2 Å². The van der Waals surface area contributed by atoms with E-state index >= 15 is 0 Å². The zero-order valence-electron chi connectivity index (χ0n) is 18.4. The standard InChI is InChI=1S/C27H31N3O/c1-21-7-6-11-26(27(21)17-28)22-12-15-29(16-13-22)14-5-4-10-25(31)20-30-18-23-8-2-3-9-24(23)19-30/h2-3,6-9,11-12H,4-5,10,13-16,18-20H2,1H3. The van der Waals surface area contributed by atoms with Crippen LogP contribution in [0.15, 0.2) is 48.5 Å². The van der Waals surface area contributed by atoms with Gasteiger partial charge in [0.2, 0.25) is 0 Å². The number of benzene rings is 2. The SMILES string of the molecule is Cc1cccc(C2=CCN(CCCCC(=O)CN3Cc4ccccc4C3)CC2)c1C#N. The fourth-order valence-electron chi connectivity index (χ4n) is 4.74. The minimum atomic E-state index is 0.358. The monoisotopic (exact) mass is 413 g/mol. The number of nitrogens with zero attached hydrogens (tertiary/aromatic N) is 3. The molecule has 0 N–H and O–H groups in total. The van der Waals surface area contributed by atoms with Crippen LogP contribution in [-0.4, -0.2) is 41.8 Å². The molecular weight excluding hydrogens is 382 g/mol. The van der Waals surface area contributed by atoms with Crippen LogP contribution in [0.2, 0.25) is 0 Å². The van der Waals surface area contributed by atoms with Gasteiger partial charge in [-0.15, -0.1) is 0 Å². The highest BCUT2D eigenvalue weighted by atomic mass is 16.1. The summed E-state index contributed by atoms with van der Waals surface area (Å²) < 4.78 is 0. The van der Waals surface area contributed by atoms with Gasteiger partial charge in [0.25, 0.3) is 0 Å². The molecule has 0 aliphatic carbocycles. The summed E-state index contributed by atoms with van der Waals surface area (Å²) in [5.74, 6) is 0.358. The molecule has 0 fully saturated rings. The van der Waals surface area contributed by atoms with Crippen molar-refractivity contribution in [2.45, 2.75) is 45.7 Å². The van der Waals surface area contributed by atoms with Crippen LogP contribution in [0.1, 0.15) is 53.5 Å². The molecule has 0 saturated heterocycles. The second kappa shape index (κ2) is 10.0. The second-order valence-electron chi connectivity index (χ2n) is 8.80. The minimum absolute atomic E-state index is 0.358. The van der Waals surface area contributed by atoms with Crippen molar-refractivity contribution in [3.63, 3.8) is 0 Å². The van der Waals surface area contributed by atoms with Gasteiger partial charge < -0.3 is 0 Å². The minimum Gasteiger partial charge on any atom is -0.299 e. The van der Waals surface area contributed by atoms with Gasteiger partial charge in [0, 0.05) is 32.6 Å². The summed E-state index contributed by atoms with van der Waals surface area (Å²) in [4.78, 5) is 17.1. The Morgan fingerprint density at radius 3 is 2.48 bits per heavy atom. The van der Waals surface area contributed by atoms with Crippen LogP contribution >= 0.6 is 0 Å². The summed E-state index contributed by atoms with van der Waals surface area (Å²) in [5, 5.41) is 9.49. The fourth-order valence-corrected chi connectivity index (χ4v) is 4.74. The third kappa shape index (κ3) is 5.31. The number of nitriles is 1. The molecule has 2 aliphatic heterocycles. The quantitative estimate of drug-likeness (QED) is 0.588. The molecule has 2 heterocycles. The van der Waals surface area contributed by atoms with Gasteiger partial charge in [0.15, 0.2) is 0 Å². The Balaban J connectivity index is 1.17. The Hall–Kier alpha value is -2.74. The first-order valence-electron chi connectivity index (χ1n) is 11.4. The van der Waals surface area contributed by atoms with Gasteiger partial charge in [0.05, 0.1) is 12.1 Å². The maximum atomic E-state index is 12.4. The second-order valence-corrected chi connectivity index (χ2v) is 8.80. The molecule has 0 unspecified atom stereocenters. The molecule has 0 radical (unpaired) electrons. The van der Waals surface area contributed by atoms with Crippen LogP contribution in [-0.2, 0) is 17.9 Å². The van der Waals surface area contributed by atoms with Gasteiger partial charge >= 0.3 is 0 Å². The van der Waals surface area contributed by atoms with Crippen molar-refractivity contribution in [1.82, 2.24) is 9.80 Å². The number of rotatable bonds is 8. The number of ketones is 1. The Morgan fingerprint density at radius 2 is 1.81 bits per heavy atom. The van der Waals surface area contributed by atoms with Crippen LogP contribution < -0.4 is 0 Å². The van der Waals surface area contributed by atoms with Crippen molar-refractivity contribution in [3.8, 4) is 6.07 Å². The van der Waals surface area contributed by atoms with Crippen molar-refractivity contribution in [2.24, 2.45) is 0 Å². The largest absolute Gasteiger partial charge is 0.299 e. The number of carbonyl (C=O) groups excluding carboxylic acids is 1. The van der Waals surface area contributed by atoms with Crippen molar-refractivity contribution in [1.29, 1.82) is 5.26 Å². The van der Waals surface area contributed by atoms with Crippen molar-refractivity contribution in [3.05, 3.63) is 76.4 Å². The van der Waals surface area contributed by atoms with Crippen LogP contribution in [0.5, 0.6) is 0 Å². The number of Topliss-reactive ketones (excluding diaryl/α,β-unsaturated/α-hetero) is 1. The summed E-state index contributed by atoms with van der Waals surface area (Å²) in [6.07, 6.45) is 5.95. The summed E-state index contributed by atoms with van der Waals surface area (Å²) in [6.45, 7) is 7.35. The lowest BCUT2D eigenvalue weighted by Gasteiger charge is -2.27. The summed E-state index contributed by atoms with van der Waals surface area (Å²) in [6, 6.07) is 17.0. The predicted octanol–water partition coefficient (Wildman–Crippen LogP) is 4.71. The average Bonchev–Trinajstić information content (AvgIpc) is 3.19. The molecule has 4 heteroatoms. The van der Waals surface area contributed by atoms with Gasteiger partial charge in [0.1, 0.15) is 11.9 Å². The molecule has 0 spiro atoms. The lowest BCUT2D eigenvalue weighted by molar-refractivity contribution is -0.120. The highest BCUT2D eigenvalue weighted by Gasteiger charge is 2.20. The summed E-state index contributed by atoms with van der Waals surface area (Å²) in [7, 11) is 0. The smallest absolute Gasteiger partial charge is 0.146 e. The molecule has 31 heavy (non-hydrogen) atoms. The van der Waals surface area contributed by atoms with Crippen LogP contribution in [0, 0.1) is 18.3 Å². The van der Waals surface area contributed by atoms with Gasteiger partial charge in [-0.05, 0) is 60.6 Å². The van der Waals surface area contributed by atoms with E-state index in [1.165, 1.54) is 16.7 Å². The number of unbranched alkanes of at least 4 members (excludes halogenated alkanes) is 1. The fraction of sp³-hybridized carbons (Fsp3) is 0.407. The van der Waals surface area contributed by atoms with E-state index in [4.69, 9.17) is 0 Å². The highest BCUT2D eigenvalue weighted by Crippen LogP contribution is 2.27. The topological polar surface area (TPSA) is 47.3 Å². The predicted molar refractivity (Wildman–Crippen MR) is 124 cm³/mol. The third-order valence-electron chi connectivity index (χ3n) is 6.51. The number of aryl methyl sites for hydroxylation is 1. The van der Waals surface area contributed by atoms with Gasteiger partial charge in [-0.25, -0.2) is 0 Å². The van der Waals surface area contributed by atoms with E-state index in [0.29, 0.717) is 18.7 Å². The van der Waals surface area contributed by atoms with Gasteiger partial charge in [-0.1, -0.05) is 48.5 Å². The Labute approximate surface area is 185 Å². The van der Waals surface area contributed by atoms with Gasteiger partial charge in [-0.2, -0.15) is 5.26 Å². The summed E-state index contributed by atoms with van der Waals surface area (Å²) in [5.41, 5.74) is 6.96.